The van der Waals surface area contributed by atoms with E-state index in [-0.39, 0.29) is 0 Å². The third-order valence-electron chi connectivity index (χ3n) is 2.79. The van der Waals surface area contributed by atoms with Crippen LogP contribution in [0.2, 0.25) is 4.34 Å². The molecule has 2 rings (SSSR count). The van der Waals surface area contributed by atoms with Crippen molar-refractivity contribution in [3.8, 4) is 0 Å². The highest BCUT2D eigenvalue weighted by molar-refractivity contribution is 8.13. The summed E-state index contributed by atoms with van der Waals surface area (Å²) >= 11 is 9.32. The maximum atomic E-state index is 5.90. The second-order valence-electron chi connectivity index (χ2n) is 4.46. The minimum absolute atomic E-state index is 0.571. The summed E-state index contributed by atoms with van der Waals surface area (Å²) in [7, 11) is 0. The van der Waals surface area contributed by atoms with Crippen LogP contribution < -0.4 is 5.32 Å². The van der Waals surface area contributed by atoms with Crippen molar-refractivity contribution in [1.82, 2.24) is 5.32 Å². The van der Waals surface area contributed by atoms with Gasteiger partial charge in [0, 0.05) is 16.7 Å². The second-order valence-corrected chi connectivity index (χ2v) is 7.34. The lowest BCUT2D eigenvalue weighted by Gasteiger charge is -2.28. The normalized spacial score (nSPS) is 23.1. The fraction of sp³-hybridized carbons (Fsp3) is 0.583. The second kappa shape index (κ2) is 6.12. The highest BCUT2D eigenvalue weighted by atomic mass is 35.5. The first-order valence-electron chi connectivity index (χ1n) is 5.83. The first kappa shape index (κ1) is 13.2. The Hall–Kier alpha value is -0.190. The average Bonchev–Trinajstić information content (AvgIpc) is 2.73. The van der Waals surface area contributed by atoms with Crippen LogP contribution in [0.3, 0.4) is 0 Å². The summed E-state index contributed by atoms with van der Waals surface area (Å²) in [5.74, 6) is 1.83. The standard InChI is InChI=1S/C12H17ClN2S2/c1-8(2)10-5-6-16-12(15-10)14-7-9-3-4-11(13)17-9/h3-4,8,10H,5-7H2,1-2H3,(H,14,15). The van der Waals surface area contributed by atoms with Crippen molar-refractivity contribution in [2.24, 2.45) is 10.9 Å². The smallest absolute Gasteiger partial charge is 0.157 e. The Balaban J connectivity index is 1.93. The van der Waals surface area contributed by atoms with Gasteiger partial charge in [0.2, 0.25) is 0 Å². The topological polar surface area (TPSA) is 24.4 Å². The van der Waals surface area contributed by atoms with Gasteiger partial charge in [-0.25, -0.2) is 0 Å². The molecular weight excluding hydrogens is 272 g/mol. The number of rotatable bonds is 3. The van der Waals surface area contributed by atoms with E-state index in [1.807, 2.05) is 23.9 Å². The number of amidine groups is 1. The Labute approximate surface area is 116 Å². The van der Waals surface area contributed by atoms with Crippen LogP contribution in [-0.2, 0) is 6.54 Å². The molecule has 0 aromatic carbocycles. The maximum Gasteiger partial charge on any atom is 0.157 e. The molecule has 1 aliphatic rings. The van der Waals surface area contributed by atoms with Crippen molar-refractivity contribution in [2.45, 2.75) is 32.9 Å². The molecule has 17 heavy (non-hydrogen) atoms. The minimum Gasteiger partial charge on any atom is -0.362 e. The summed E-state index contributed by atoms with van der Waals surface area (Å²) in [4.78, 5) is 5.84. The molecule has 1 aromatic heterocycles. The molecule has 1 saturated heterocycles. The van der Waals surface area contributed by atoms with Gasteiger partial charge in [-0.2, -0.15) is 0 Å². The molecule has 1 atom stereocenters. The molecule has 0 radical (unpaired) electrons. The molecule has 1 fully saturated rings. The molecule has 0 aliphatic carbocycles. The van der Waals surface area contributed by atoms with Crippen LogP contribution in [0, 0.1) is 5.92 Å². The number of nitrogens with one attached hydrogen (secondary N) is 1. The fourth-order valence-electron chi connectivity index (χ4n) is 1.73. The van der Waals surface area contributed by atoms with Crippen LogP contribution in [0.5, 0.6) is 0 Å². The van der Waals surface area contributed by atoms with Gasteiger partial charge in [-0.3, -0.25) is 4.99 Å². The molecular formula is C12H17ClN2S2. The van der Waals surface area contributed by atoms with E-state index in [1.54, 1.807) is 11.3 Å². The van der Waals surface area contributed by atoms with Gasteiger partial charge in [-0.1, -0.05) is 37.2 Å². The van der Waals surface area contributed by atoms with Gasteiger partial charge in [0.1, 0.15) is 0 Å². The predicted molar refractivity (Wildman–Crippen MR) is 79.3 cm³/mol. The quantitative estimate of drug-likeness (QED) is 0.909. The fourth-order valence-corrected chi connectivity index (χ4v) is 3.70. The number of thiophene rings is 1. The molecule has 0 bridgehead atoms. The summed E-state index contributed by atoms with van der Waals surface area (Å²) in [6.07, 6.45) is 1.23. The van der Waals surface area contributed by atoms with Crippen molar-refractivity contribution >= 4 is 39.9 Å². The van der Waals surface area contributed by atoms with Crippen LogP contribution in [0.25, 0.3) is 0 Å². The van der Waals surface area contributed by atoms with Crippen LogP contribution >= 0.6 is 34.7 Å². The lowest BCUT2D eigenvalue weighted by atomic mass is 10.0. The van der Waals surface area contributed by atoms with E-state index in [4.69, 9.17) is 11.6 Å². The largest absolute Gasteiger partial charge is 0.362 e. The molecule has 1 aliphatic heterocycles. The molecule has 0 saturated carbocycles. The number of hydrogen-bond donors (Lipinski definition) is 1. The highest BCUT2D eigenvalue weighted by Crippen LogP contribution is 2.23. The third kappa shape index (κ3) is 3.90. The van der Waals surface area contributed by atoms with Crippen LogP contribution in [0.1, 0.15) is 25.1 Å². The third-order valence-corrected chi connectivity index (χ3v) is 4.96. The van der Waals surface area contributed by atoms with E-state index in [0.717, 1.165) is 16.0 Å². The van der Waals surface area contributed by atoms with E-state index >= 15 is 0 Å². The van der Waals surface area contributed by atoms with Gasteiger partial charge < -0.3 is 5.32 Å². The van der Waals surface area contributed by atoms with Gasteiger partial charge in [0.15, 0.2) is 5.17 Å². The number of halogens is 1. The van der Waals surface area contributed by atoms with Gasteiger partial charge in [0.25, 0.3) is 0 Å². The zero-order valence-corrected chi connectivity index (χ0v) is 12.5. The first-order chi connectivity index (χ1) is 8.15. The highest BCUT2D eigenvalue weighted by Gasteiger charge is 2.19. The number of thioether (sulfide) groups is 1. The summed E-state index contributed by atoms with van der Waals surface area (Å²) in [6, 6.07) is 4.55. The average molecular weight is 289 g/mol. The maximum absolute atomic E-state index is 5.90. The predicted octanol–water partition coefficient (Wildman–Crippen LogP) is 4.01. The molecule has 94 valence electrons. The van der Waals surface area contributed by atoms with Crippen molar-refractivity contribution in [2.75, 3.05) is 5.75 Å². The van der Waals surface area contributed by atoms with E-state index < -0.39 is 0 Å². The van der Waals surface area contributed by atoms with Gasteiger partial charge in [-0.05, 0) is 24.5 Å². The zero-order valence-electron chi connectivity index (χ0n) is 10.1. The van der Waals surface area contributed by atoms with Gasteiger partial charge in [-0.15, -0.1) is 11.3 Å². The molecule has 2 heterocycles. The monoisotopic (exact) mass is 288 g/mol. The Morgan fingerprint density at radius 3 is 3.00 bits per heavy atom. The van der Waals surface area contributed by atoms with E-state index in [0.29, 0.717) is 12.0 Å². The lowest BCUT2D eigenvalue weighted by molar-refractivity contribution is 0.442. The SMILES string of the molecule is CC(C)C1CCSC(=NCc2ccc(Cl)s2)N1. The van der Waals surface area contributed by atoms with Crippen molar-refractivity contribution in [3.05, 3.63) is 21.3 Å². The molecule has 1 unspecified atom stereocenters. The van der Waals surface area contributed by atoms with Gasteiger partial charge in [0.05, 0.1) is 10.9 Å². The van der Waals surface area contributed by atoms with E-state index in [1.165, 1.54) is 17.1 Å². The summed E-state index contributed by atoms with van der Waals surface area (Å²) in [5.41, 5.74) is 0. The lowest BCUT2D eigenvalue weighted by Crippen LogP contribution is -2.41. The summed E-state index contributed by atoms with van der Waals surface area (Å²) in [5, 5.41) is 4.60. The van der Waals surface area contributed by atoms with Crippen LogP contribution in [0.4, 0.5) is 0 Å². The number of nitrogens with zero attached hydrogens (tertiary/aromatic N) is 1. The van der Waals surface area contributed by atoms with E-state index in [9.17, 15) is 0 Å². The molecule has 2 nitrogen and oxygen atoms in total. The molecule has 0 spiro atoms. The van der Waals surface area contributed by atoms with E-state index in [2.05, 4.69) is 24.2 Å². The van der Waals surface area contributed by atoms with Crippen molar-refractivity contribution in [1.29, 1.82) is 0 Å². The van der Waals surface area contributed by atoms with Gasteiger partial charge >= 0.3 is 0 Å². The summed E-state index contributed by atoms with van der Waals surface area (Å²) < 4.78 is 0.838. The molecule has 5 heteroatoms. The number of aliphatic imine (C=N–C) groups is 1. The first-order valence-corrected chi connectivity index (χ1v) is 8.01. The van der Waals surface area contributed by atoms with Crippen molar-refractivity contribution < 1.29 is 0 Å². The Bertz CT molecular complexity index is 401. The molecule has 1 aromatic rings. The van der Waals surface area contributed by atoms with Crippen LogP contribution in [-0.4, -0.2) is 17.0 Å². The Kier molecular flexibility index (Phi) is 4.77. The Morgan fingerprint density at radius 2 is 2.35 bits per heavy atom. The number of hydrogen-bond acceptors (Lipinski definition) is 3. The molecule has 1 N–H and O–H groups in total. The van der Waals surface area contributed by atoms with Crippen LogP contribution in [0.15, 0.2) is 17.1 Å². The Morgan fingerprint density at radius 1 is 1.53 bits per heavy atom. The summed E-state index contributed by atoms with van der Waals surface area (Å²) in [6.45, 7) is 5.24. The zero-order chi connectivity index (χ0) is 12.3. The molecule has 0 amide bonds. The van der Waals surface area contributed by atoms with Crippen molar-refractivity contribution in [3.63, 3.8) is 0 Å². The minimum atomic E-state index is 0.571.